The van der Waals surface area contributed by atoms with Crippen molar-refractivity contribution >= 4 is 28.5 Å². The Kier molecular flexibility index (Phi) is 5.83. The number of fused-ring (bicyclic) bond motifs is 1. The SMILES string of the molecule is CC(NCC1(C)CN(c2cc3c(cc2F)c(=O)c(C(=O)O)cn3C2CC2)C1)NC(=O)C(F)(F)F. The first-order chi connectivity index (χ1) is 15.8. The summed E-state index contributed by atoms with van der Waals surface area (Å²) in [6, 6.07) is 2.68. The second kappa shape index (κ2) is 8.26. The van der Waals surface area contributed by atoms with Gasteiger partial charge in [-0.2, -0.15) is 13.2 Å². The smallest absolute Gasteiger partial charge is 0.471 e. The molecule has 0 radical (unpaired) electrons. The molecule has 1 amide bonds. The number of halogens is 4. The number of hydrogen-bond acceptors (Lipinski definition) is 5. The molecule has 3 N–H and O–H groups in total. The van der Waals surface area contributed by atoms with Crippen LogP contribution in [0.2, 0.25) is 0 Å². The Morgan fingerprint density at radius 3 is 2.47 bits per heavy atom. The van der Waals surface area contributed by atoms with Gasteiger partial charge in [-0.15, -0.1) is 0 Å². The first-order valence-electron chi connectivity index (χ1n) is 10.8. The summed E-state index contributed by atoms with van der Waals surface area (Å²) in [6.07, 6.45) is -2.89. The van der Waals surface area contributed by atoms with Crippen LogP contribution in [0.4, 0.5) is 23.2 Å². The van der Waals surface area contributed by atoms with Gasteiger partial charge in [-0.05, 0) is 31.9 Å². The van der Waals surface area contributed by atoms with E-state index in [9.17, 15) is 37.1 Å². The molecule has 2 aromatic rings. The van der Waals surface area contributed by atoms with Gasteiger partial charge in [0.1, 0.15) is 11.4 Å². The van der Waals surface area contributed by atoms with Crippen LogP contribution >= 0.6 is 0 Å². The highest BCUT2D eigenvalue weighted by molar-refractivity contribution is 5.93. The van der Waals surface area contributed by atoms with Gasteiger partial charge in [-0.3, -0.25) is 14.9 Å². The number of carbonyl (C=O) groups is 2. The molecule has 1 aromatic heterocycles. The van der Waals surface area contributed by atoms with Gasteiger partial charge in [0.15, 0.2) is 0 Å². The van der Waals surface area contributed by atoms with E-state index in [0.29, 0.717) is 18.6 Å². The van der Waals surface area contributed by atoms with Crippen molar-refractivity contribution in [1.29, 1.82) is 0 Å². The number of aromatic nitrogens is 1. The lowest BCUT2D eigenvalue weighted by atomic mass is 9.81. The monoisotopic (exact) mass is 484 g/mol. The summed E-state index contributed by atoms with van der Waals surface area (Å²) in [5.41, 5.74) is -0.801. The zero-order valence-corrected chi connectivity index (χ0v) is 18.5. The fraction of sp³-hybridized carbons (Fsp3) is 0.500. The fourth-order valence-corrected chi connectivity index (χ4v) is 4.29. The minimum Gasteiger partial charge on any atom is -0.477 e. The van der Waals surface area contributed by atoms with Crippen molar-refractivity contribution in [3.8, 4) is 0 Å². The molecule has 12 heteroatoms. The number of pyridine rings is 1. The Hall–Kier alpha value is -3.15. The molecule has 1 unspecified atom stereocenters. The van der Waals surface area contributed by atoms with Gasteiger partial charge in [0.2, 0.25) is 5.43 Å². The maximum Gasteiger partial charge on any atom is 0.471 e. The number of rotatable bonds is 7. The quantitative estimate of drug-likeness (QED) is 0.413. The average Bonchev–Trinajstić information content (AvgIpc) is 3.55. The third-order valence-electron chi connectivity index (χ3n) is 6.20. The molecule has 1 saturated heterocycles. The van der Waals surface area contributed by atoms with Crippen LogP contribution in [0.3, 0.4) is 0 Å². The molecule has 8 nitrogen and oxygen atoms in total. The van der Waals surface area contributed by atoms with Crippen LogP contribution in [0.5, 0.6) is 0 Å². The molecular formula is C22H24F4N4O4. The van der Waals surface area contributed by atoms with E-state index in [1.807, 2.05) is 12.2 Å². The molecule has 1 atom stereocenters. The fourth-order valence-electron chi connectivity index (χ4n) is 4.29. The number of hydrogen-bond donors (Lipinski definition) is 3. The number of anilines is 1. The van der Waals surface area contributed by atoms with Crippen molar-refractivity contribution in [3.63, 3.8) is 0 Å². The Labute approximate surface area is 191 Å². The number of benzene rings is 1. The summed E-state index contributed by atoms with van der Waals surface area (Å²) < 4.78 is 53.8. The highest BCUT2D eigenvalue weighted by atomic mass is 19.4. The largest absolute Gasteiger partial charge is 0.477 e. The van der Waals surface area contributed by atoms with Crippen molar-refractivity contribution in [2.75, 3.05) is 24.5 Å². The van der Waals surface area contributed by atoms with Gasteiger partial charge < -0.3 is 19.9 Å². The standard InChI is InChI=1S/C22H24F4N4O4/c1-11(28-20(34)22(24,25)26)27-8-21(2)9-29(10-21)17-6-16-13(5-15(17)23)18(31)14(19(32)33)7-30(16)12-3-4-12/h5-7,11-12,27H,3-4,8-10H2,1-2H3,(H,28,34)(H,32,33). The van der Waals surface area contributed by atoms with E-state index in [0.717, 1.165) is 18.9 Å². The van der Waals surface area contributed by atoms with Crippen LogP contribution < -0.4 is 21.0 Å². The molecule has 34 heavy (non-hydrogen) atoms. The molecule has 2 heterocycles. The third-order valence-corrected chi connectivity index (χ3v) is 6.20. The molecule has 1 saturated carbocycles. The summed E-state index contributed by atoms with van der Waals surface area (Å²) >= 11 is 0. The molecule has 0 bridgehead atoms. The highest BCUT2D eigenvalue weighted by Crippen LogP contribution is 2.40. The number of carboxylic acids is 1. The second-order valence-electron chi connectivity index (χ2n) is 9.38. The van der Waals surface area contributed by atoms with E-state index in [1.165, 1.54) is 13.1 Å². The number of amides is 1. The summed E-state index contributed by atoms with van der Waals surface area (Å²) in [4.78, 5) is 36.9. The number of alkyl halides is 3. The molecule has 1 aliphatic carbocycles. The maximum absolute atomic E-state index is 15.0. The topological polar surface area (TPSA) is 104 Å². The zero-order chi connectivity index (χ0) is 25.0. The molecule has 1 aromatic carbocycles. The highest BCUT2D eigenvalue weighted by Gasteiger charge is 2.42. The average molecular weight is 484 g/mol. The maximum atomic E-state index is 15.0. The second-order valence-corrected chi connectivity index (χ2v) is 9.38. The lowest BCUT2D eigenvalue weighted by molar-refractivity contribution is -0.174. The zero-order valence-electron chi connectivity index (χ0n) is 18.5. The van der Waals surface area contributed by atoms with Crippen LogP contribution in [0.25, 0.3) is 10.9 Å². The summed E-state index contributed by atoms with van der Waals surface area (Å²) in [5.74, 6) is -4.05. The number of aromatic carboxylic acids is 1. The lowest BCUT2D eigenvalue weighted by Gasteiger charge is -2.50. The number of nitrogens with one attached hydrogen (secondary N) is 2. The van der Waals surface area contributed by atoms with E-state index < -0.39 is 41.0 Å². The molecule has 2 aliphatic rings. The Morgan fingerprint density at radius 2 is 1.91 bits per heavy atom. The van der Waals surface area contributed by atoms with Crippen molar-refractivity contribution in [2.24, 2.45) is 5.41 Å². The molecule has 0 spiro atoms. The summed E-state index contributed by atoms with van der Waals surface area (Å²) in [7, 11) is 0. The van der Waals surface area contributed by atoms with Gasteiger partial charge in [0.05, 0.1) is 17.4 Å². The Bertz CT molecular complexity index is 1220. The molecular weight excluding hydrogens is 460 g/mol. The molecule has 1 aliphatic heterocycles. The van der Waals surface area contributed by atoms with Gasteiger partial charge >= 0.3 is 18.1 Å². The third kappa shape index (κ3) is 4.59. The Morgan fingerprint density at radius 1 is 1.26 bits per heavy atom. The van der Waals surface area contributed by atoms with E-state index >= 15 is 0 Å². The first kappa shape index (κ1) is 24.0. The van der Waals surface area contributed by atoms with Crippen molar-refractivity contribution in [1.82, 2.24) is 15.2 Å². The minimum absolute atomic E-state index is 0.00670. The Balaban J connectivity index is 1.50. The first-order valence-corrected chi connectivity index (χ1v) is 10.8. The molecule has 4 rings (SSSR count). The van der Waals surface area contributed by atoms with Crippen LogP contribution in [-0.2, 0) is 4.79 Å². The van der Waals surface area contributed by atoms with E-state index in [1.54, 1.807) is 15.5 Å². The van der Waals surface area contributed by atoms with Crippen LogP contribution in [0, 0.1) is 11.2 Å². The van der Waals surface area contributed by atoms with Crippen molar-refractivity contribution in [2.45, 2.75) is 45.1 Å². The number of carboxylic acid groups (broad SMARTS) is 1. The molecule has 184 valence electrons. The lowest BCUT2D eigenvalue weighted by Crippen LogP contribution is -2.61. The van der Waals surface area contributed by atoms with Crippen LogP contribution in [0.1, 0.15) is 43.1 Å². The van der Waals surface area contributed by atoms with E-state index in [-0.39, 0.29) is 29.1 Å². The summed E-state index contributed by atoms with van der Waals surface area (Å²) in [6.45, 7) is 4.35. The molecule has 2 fully saturated rings. The number of nitrogens with zero attached hydrogens (tertiary/aromatic N) is 2. The summed E-state index contributed by atoms with van der Waals surface area (Å²) in [5, 5.41) is 14.0. The van der Waals surface area contributed by atoms with Crippen molar-refractivity contribution in [3.05, 3.63) is 39.9 Å². The van der Waals surface area contributed by atoms with Gasteiger partial charge in [0, 0.05) is 42.7 Å². The van der Waals surface area contributed by atoms with E-state index in [2.05, 4.69) is 5.32 Å². The van der Waals surface area contributed by atoms with Crippen LogP contribution in [0.15, 0.2) is 23.1 Å². The van der Waals surface area contributed by atoms with E-state index in [4.69, 9.17) is 0 Å². The van der Waals surface area contributed by atoms with Gasteiger partial charge in [-0.1, -0.05) is 6.92 Å². The van der Waals surface area contributed by atoms with Crippen molar-refractivity contribution < 1.29 is 32.3 Å². The minimum atomic E-state index is -4.97. The predicted octanol–water partition coefficient (Wildman–Crippen LogP) is 2.61. The predicted molar refractivity (Wildman–Crippen MR) is 115 cm³/mol. The van der Waals surface area contributed by atoms with Gasteiger partial charge in [-0.25, -0.2) is 9.18 Å². The van der Waals surface area contributed by atoms with Crippen LogP contribution in [-0.4, -0.2) is 53.5 Å². The number of carbonyl (C=O) groups excluding carboxylic acids is 1. The van der Waals surface area contributed by atoms with Gasteiger partial charge in [0.25, 0.3) is 0 Å². The normalized spacial score (nSPS) is 18.5.